The van der Waals surface area contributed by atoms with Crippen LogP contribution in [0.15, 0.2) is 0 Å². The number of methoxy groups -OCH3 is 1. The molecule has 0 aromatic carbocycles. The van der Waals surface area contributed by atoms with E-state index in [4.69, 9.17) is 10.5 Å². The topological polar surface area (TPSA) is 93.5 Å². The normalized spacial score (nSPS) is 25.8. The fourth-order valence-electron chi connectivity index (χ4n) is 2.36. The van der Waals surface area contributed by atoms with Crippen LogP contribution in [0, 0.1) is 11.3 Å². The van der Waals surface area contributed by atoms with Crippen LogP contribution >= 0.6 is 0 Å². The second-order valence-corrected chi connectivity index (χ2v) is 6.39. The first-order valence-corrected chi connectivity index (χ1v) is 7.05. The number of nitrogens with one attached hydrogen (secondary N) is 2. The first kappa shape index (κ1) is 16.9. The van der Waals surface area contributed by atoms with Gasteiger partial charge in [0.25, 0.3) is 0 Å². The maximum Gasteiger partial charge on any atom is 0.239 e. The zero-order chi connectivity index (χ0) is 15.5. The van der Waals surface area contributed by atoms with Gasteiger partial charge in [-0.2, -0.15) is 0 Å². The zero-order valence-electron chi connectivity index (χ0n) is 13.0. The Morgan fingerprint density at radius 2 is 2.00 bits per heavy atom. The molecule has 1 fully saturated rings. The van der Waals surface area contributed by atoms with Gasteiger partial charge in [-0.3, -0.25) is 9.59 Å². The summed E-state index contributed by atoms with van der Waals surface area (Å²) in [6.45, 7) is 7.81. The molecule has 1 aliphatic carbocycles. The molecule has 6 heteroatoms. The molecule has 0 saturated heterocycles. The van der Waals surface area contributed by atoms with E-state index in [0.29, 0.717) is 0 Å². The van der Waals surface area contributed by atoms with Crippen LogP contribution in [0.4, 0.5) is 0 Å². The molecule has 0 bridgehead atoms. The second kappa shape index (κ2) is 6.54. The molecule has 0 spiro atoms. The van der Waals surface area contributed by atoms with Gasteiger partial charge < -0.3 is 21.1 Å². The highest BCUT2D eigenvalue weighted by Gasteiger charge is 2.49. The molecule has 116 valence electrons. The minimum atomic E-state index is -0.583. The molecule has 1 saturated carbocycles. The number of amides is 2. The third-order valence-electron chi connectivity index (χ3n) is 4.24. The van der Waals surface area contributed by atoms with Crippen molar-refractivity contribution in [3.8, 4) is 0 Å². The number of ether oxygens (including phenoxy) is 1. The van der Waals surface area contributed by atoms with Crippen molar-refractivity contribution in [1.82, 2.24) is 10.6 Å². The number of carbonyl (C=O) groups excluding carboxylic acids is 2. The molecule has 0 aromatic heterocycles. The average molecular weight is 285 g/mol. The summed E-state index contributed by atoms with van der Waals surface area (Å²) < 4.78 is 5.33. The van der Waals surface area contributed by atoms with Gasteiger partial charge in [-0.25, -0.2) is 0 Å². The molecule has 0 heterocycles. The molecule has 1 aliphatic rings. The number of nitrogens with two attached hydrogens (primary N) is 1. The Hall–Kier alpha value is -1.14. The minimum absolute atomic E-state index is 0.0382. The maximum absolute atomic E-state index is 11.8. The summed E-state index contributed by atoms with van der Waals surface area (Å²) in [5, 5.41) is 5.48. The molecule has 3 atom stereocenters. The van der Waals surface area contributed by atoms with Crippen LogP contribution < -0.4 is 16.4 Å². The van der Waals surface area contributed by atoms with E-state index >= 15 is 0 Å². The number of carbonyl (C=O) groups is 2. The third kappa shape index (κ3) is 3.70. The molecule has 20 heavy (non-hydrogen) atoms. The molecule has 6 nitrogen and oxygen atoms in total. The Bertz CT molecular complexity index is 369. The van der Waals surface area contributed by atoms with Gasteiger partial charge >= 0.3 is 0 Å². The lowest BCUT2D eigenvalue weighted by atomic mass is 9.64. The molecule has 0 radical (unpaired) electrons. The van der Waals surface area contributed by atoms with Gasteiger partial charge in [0.05, 0.1) is 18.7 Å². The van der Waals surface area contributed by atoms with Crippen LogP contribution in [0.3, 0.4) is 0 Å². The summed E-state index contributed by atoms with van der Waals surface area (Å²) in [5.74, 6) is -0.439. The molecular weight excluding hydrogens is 258 g/mol. The van der Waals surface area contributed by atoms with Crippen molar-refractivity contribution in [2.75, 3.05) is 13.7 Å². The largest absolute Gasteiger partial charge is 0.381 e. The Labute approximate surface area is 120 Å². The SMILES string of the molecule is COC1CC(NC(=O)CNC(=O)[C@@H](N)C(C)C)C1(C)C. The molecule has 0 aromatic rings. The van der Waals surface area contributed by atoms with Crippen molar-refractivity contribution < 1.29 is 14.3 Å². The summed E-state index contributed by atoms with van der Waals surface area (Å²) in [7, 11) is 1.68. The predicted molar refractivity (Wildman–Crippen MR) is 76.9 cm³/mol. The number of rotatable bonds is 6. The van der Waals surface area contributed by atoms with Gasteiger partial charge in [0.1, 0.15) is 0 Å². The van der Waals surface area contributed by atoms with E-state index in [2.05, 4.69) is 24.5 Å². The quantitative estimate of drug-likeness (QED) is 0.641. The predicted octanol–water partition coefficient (Wildman–Crippen LogP) is 0.0156. The van der Waals surface area contributed by atoms with Crippen molar-refractivity contribution in [2.24, 2.45) is 17.1 Å². The lowest BCUT2D eigenvalue weighted by Crippen LogP contribution is -2.62. The molecule has 0 aliphatic heterocycles. The lowest BCUT2D eigenvalue weighted by Gasteiger charge is -2.51. The third-order valence-corrected chi connectivity index (χ3v) is 4.24. The van der Waals surface area contributed by atoms with Crippen LogP contribution in [0.5, 0.6) is 0 Å². The summed E-state index contributed by atoms with van der Waals surface area (Å²) in [5.41, 5.74) is 5.62. The second-order valence-electron chi connectivity index (χ2n) is 6.39. The monoisotopic (exact) mass is 285 g/mol. The first-order chi connectivity index (χ1) is 9.20. The number of hydrogen-bond acceptors (Lipinski definition) is 4. The van der Waals surface area contributed by atoms with E-state index in [1.54, 1.807) is 7.11 Å². The standard InChI is InChI=1S/C14H27N3O3/c1-8(2)12(15)13(19)16-7-11(18)17-9-6-10(20-5)14(9,3)4/h8-10,12H,6-7,15H2,1-5H3,(H,16,19)(H,17,18)/t9?,10?,12-/m0/s1. The fourth-order valence-corrected chi connectivity index (χ4v) is 2.36. The highest BCUT2D eigenvalue weighted by atomic mass is 16.5. The molecule has 4 N–H and O–H groups in total. The van der Waals surface area contributed by atoms with Crippen molar-refractivity contribution in [1.29, 1.82) is 0 Å². The van der Waals surface area contributed by atoms with Crippen molar-refractivity contribution >= 4 is 11.8 Å². The van der Waals surface area contributed by atoms with Crippen LogP contribution in [0.25, 0.3) is 0 Å². The Kier molecular flexibility index (Phi) is 5.53. The van der Waals surface area contributed by atoms with Gasteiger partial charge in [-0.05, 0) is 12.3 Å². The zero-order valence-corrected chi connectivity index (χ0v) is 13.0. The van der Waals surface area contributed by atoms with Gasteiger partial charge in [0.15, 0.2) is 0 Å². The summed E-state index contributed by atoms with van der Waals surface area (Å²) >= 11 is 0. The van der Waals surface area contributed by atoms with Crippen LogP contribution in [-0.4, -0.2) is 43.7 Å². The average Bonchev–Trinajstić information content (AvgIpc) is 2.39. The van der Waals surface area contributed by atoms with E-state index < -0.39 is 6.04 Å². The van der Waals surface area contributed by atoms with E-state index in [-0.39, 0.29) is 41.8 Å². The fraction of sp³-hybridized carbons (Fsp3) is 0.857. The molecule has 1 rings (SSSR count). The van der Waals surface area contributed by atoms with Gasteiger partial charge in [-0.15, -0.1) is 0 Å². The van der Waals surface area contributed by atoms with E-state index in [1.807, 2.05) is 13.8 Å². The van der Waals surface area contributed by atoms with E-state index in [9.17, 15) is 9.59 Å². The molecular formula is C14H27N3O3. The van der Waals surface area contributed by atoms with Crippen LogP contribution in [0.2, 0.25) is 0 Å². The van der Waals surface area contributed by atoms with Gasteiger partial charge in [0.2, 0.25) is 11.8 Å². The van der Waals surface area contributed by atoms with Crippen molar-refractivity contribution in [3.63, 3.8) is 0 Å². The first-order valence-electron chi connectivity index (χ1n) is 7.05. The summed E-state index contributed by atoms with van der Waals surface area (Å²) in [6.07, 6.45) is 0.964. The van der Waals surface area contributed by atoms with Gasteiger partial charge in [-0.1, -0.05) is 27.7 Å². The Balaban J connectivity index is 2.34. The highest BCUT2D eigenvalue weighted by molar-refractivity contribution is 5.87. The lowest BCUT2D eigenvalue weighted by molar-refractivity contribution is -0.134. The Morgan fingerprint density at radius 1 is 1.40 bits per heavy atom. The van der Waals surface area contributed by atoms with Crippen molar-refractivity contribution in [2.45, 2.75) is 52.3 Å². The van der Waals surface area contributed by atoms with Crippen LogP contribution in [0.1, 0.15) is 34.1 Å². The molecule has 2 unspecified atom stereocenters. The minimum Gasteiger partial charge on any atom is -0.381 e. The maximum atomic E-state index is 11.8. The highest BCUT2D eigenvalue weighted by Crippen LogP contribution is 2.42. The summed E-state index contributed by atoms with van der Waals surface area (Å²) in [6, 6.07) is -0.503. The smallest absolute Gasteiger partial charge is 0.239 e. The molecule has 2 amide bonds. The number of hydrogen-bond donors (Lipinski definition) is 3. The van der Waals surface area contributed by atoms with E-state index in [0.717, 1.165) is 6.42 Å². The Morgan fingerprint density at radius 3 is 2.45 bits per heavy atom. The van der Waals surface area contributed by atoms with E-state index in [1.165, 1.54) is 0 Å². The summed E-state index contributed by atoms with van der Waals surface area (Å²) in [4.78, 5) is 23.5. The van der Waals surface area contributed by atoms with Gasteiger partial charge in [0, 0.05) is 18.6 Å². The van der Waals surface area contributed by atoms with Crippen LogP contribution in [-0.2, 0) is 14.3 Å². The van der Waals surface area contributed by atoms with Crippen molar-refractivity contribution in [3.05, 3.63) is 0 Å².